The summed E-state index contributed by atoms with van der Waals surface area (Å²) in [5, 5.41) is 22.4. The van der Waals surface area contributed by atoms with Crippen LogP contribution in [0.5, 0.6) is 0 Å². The van der Waals surface area contributed by atoms with Gasteiger partial charge in [-0.1, -0.05) is 0 Å². The molecule has 5 aromatic heterocycles. The lowest BCUT2D eigenvalue weighted by Gasteiger charge is -2.35. The van der Waals surface area contributed by atoms with Crippen LogP contribution >= 0.6 is 0 Å². The Kier molecular flexibility index (Phi) is 7.45. The minimum Gasteiger partial charge on any atom is -0.353 e. The van der Waals surface area contributed by atoms with E-state index in [4.69, 9.17) is 4.98 Å². The lowest BCUT2D eigenvalue weighted by atomic mass is 10.0. The maximum absolute atomic E-state index is 13.1. The summed E-state index contributed by atoms with van der Waals surface area (Å²) in [4.78, 5) is 25.5. The first-order chi connectivity index (χ1) is 21.6. The van der Waals surface area contributed by atoms with Crippen LogP contribution in [0, 0.1) is 17.1 Å². The van der Waals surface area contributed by atoms with Gasteiger partial charge in [-0.2, -0.15) is 15.5 Å². The van der Waals surface area contributed by atoms with Gasteiger partial charge in [-0.25, -0.2) is 13.9 Å². The average molecular weight is 591 g/mol. The second kappa shape index (κ2) is 11.9. The molecule has 1 N–H and O–H groups in total. The van der Waals surface area contributed by atoms with Crippen LogP contribution in [0.4, 0.5) is 10.2 Å². The number of nitrogens with one attached hydrogen (secondary N) is 1. The molecule has 7 heterocycles. The summed E-state index contributed by atoms with van der Waals surface area (Å²) in [5.41, 5.74) is 5.49. The van der Waals surface area contributed by atoms with Gasteiger partial charge in [0, 0.05) is 72.7 Å². The quantitative estimate of drug-likeness (QED) is 0.319. The fourth-order valence-electron chi connectivity index (χ4n) is 6.03. The van der Waals surface area contributed by atoms with E-state index in [0.717, 1.165) is 65.7 Å². The number of nitriles is 1. The molecule has 0 spiro atoms. The van der Waals surface area contributed by atoms with Crippen LogP contribution in [-0.4, -0.2) is 79.4 Å². The third-order valence-electron chi connectivity index (χ3n) is 8.49. The number of anilines is 1. The maximum atomic E-state index is 13.1. The molecule has 44 heavy (non-hydrogen) atoms. The molecule has 11 nitrogen and oxygen atoms in total. The van der Waals surface area contributed by atoms with Crippen LogP contribution in [0.2, 0.25) is 0 Å². The van der Waals surface area contributed by atoms with Crippen molar-refractivity contribution >= 4 is 17.2 Å². The number of fused-ring (bicyclic) bond motifs is 1. The number of carbonyl (C=O) groups excluding carboxylic acids is 1. The summed E-state index contributed by atoms with van der Waals surface area (Å²) in [6, 6.07) is 11.6. The predicted molar refractivity (Wildman–Crippen MR) is 162 cm³/mol. The highest BCUT2D eigenvalue weighted by Gasteiger charge is 2.23. The molecule has 5 aromatic rings. The Balaban J connectivity index is 1.09. The molecular weight excluding hydrogens is 559 g/mol. The normalized spacial score (nSPS) is 15.9. The van der Waals surface area contributed by atoms with Crippen LogP contribution in [0.3, 0.4) is 0 Å². The first-order valence-corrected chi connectivity index (χ1v) is 14.8. The molecule has 0 saturated carbocycles. The lowest BCUT2D eigenvalue weighted by Crippen LogP contribution is -2.49. The van der Waals surface area contributed by atoms with Gasteiger partial charge in [0.25, 0.3) is 0 Å². The van der Waals surface area contributed by atoms with Gasteiger partial charge in [0.05, 0.1) is 42.1 Å². The summed E-state index contributed by atoms with van der Waals surface area (Å²) >= 11 is 0. The Morgan fingerprint density at radius 1 is 0.932 bits per heavy atom. The summed E-state index contributed by atoms with van der Waals surface area (Å²) in [6.07, 6.45) is 12.7. The number of halogens is 1. The molecule has 0 unspecified atom stereocenters. The monoisotopic (exact) mass is 590 g/mol. The second-order valence-corrected chi connectivity index (χ2v) is 11.2. The molecular formula is C32H31FN10O. The highest BCUT2D eigenvalue weighted by Crippen LogP contribution is 2.33. The fraction of sp³-hybridized carbons (Fsp3) is 0.312. The number of amides is 1. The number of aromatic nitrogens is 6. The van der Waals surface area contributed by atoms with E-state index in [9.17, 15) is 14.4 Å². The van der Waals surface area contributed by atoms with Crippen LogP contribution in [-0.2, 0) is 11.2 Å². The van der Waals surface area contributed by atoms with Crippen molar-refractivity contribution in [3.05, 3.63) is 84.6 Å². The number of nitrogens with zero attached hydrogens (tertiary/aromatic N) is 9. The average Bonchev–Trinajstić information content (AvgIpc) is 3.74. The van der Waals surface area contributed by atoms with Crippen molar-refractivity contribution in [3.8, 4) is 28.3 Å². The van der Waals surface area contributed by atoms with E-state index in [-0.39, 0.29) is 12.3 Å². The summed E-state index contributed by atoms with van der Waals surface area (Å²) < 4.78 is 17.0. The number of piperazine rings is 1. The van der Waals surface area contributed by atoms with Gasteiger partial charge >= 0.3 is 0 Å². The molecule has 2 aliphatic rings. The Labute approximate surface area is 253 Å². The van der Waals surface area contributed by atoms with E-state index in [1.54, 1.807) is 16.8 Å². The van der Waals surface area contributed by atoms with E-state index >= 15 is 0 Å². The molecule has 2 fully saturated rings. The number of carbonyl (C=O) groups is 1. The van der Waals surface area contributed by atoms with Gasteiger partial charge in [0.15, 0.2) is 0 Å². The third-order valence-corrected chi connectivity index (χ3v) is 8.49. The van der Waals surface area contributed by atoms with Gasteiger partial charge in [-0.05, 0) is 56.3 Å². The number of hydrogen-bond acceptors (Lipinski definition) is 8. The Hall–Kier alpha value is -5.15. The molecule has 2 saturated heterocycles. The van der Waals surface area contributed by atoms with Gasteiger partial charge in [-0.15, -0.1) is 0 Å². The Morgan fingerprint density at radius 2 is 1.77 bits per heavy atom. The minimum atomic E-state index is -0.416. The van der Waals surface area contributed by atoms with Gasteiger partial charge in [0.1, 0.15) is 17.7 Å². The molecule has 12 heteroatoms. The molecule has 1 amide bonds. The smallest absolute Gasteiger partial charge is 0.228 e. The maximum Gasteiger partial charge on any atom is 0.228 e. The summed E-state index contributed by atoms with van der Waals surface area (Å²) in [6.45, 7) is 4.42. The van der Waals surface area contributed by atoms with Crippen molar-refractivity contribution < 1.29 is 9.18 Å². The van der Waals surface area contributed by atoms with Crippen LogP contribution in [0.1, 0.15) is 30.1 Å². The van der Waals surface area contributed by atoms with E-state index < -0.39 is 5.82 Å². The fourth-order valence-corrected chi connectivity index (χ4v) is 6.03. The molecule has 0 bridgehead atoms. The Bertz CT molecular complexity index is 1830. The number of pyridine rings is 3. The molecule has 0 radical (unpaired) electrons. The molecule has 0 aliphatic carbocycles. The van der Waals surface area contributed by atoms with Gasteiger partial charge in [-0.3, -0.25) is 14.5 Å². The van der Waals surface area contributed by atoms with Crippen molar-refractivity contribution in [2.24, 2.45) is 0 Å². The van der Waals surface area contributed by atoms with Crippen LogP contribution in [0.25, 0.3) is 27.8 Å². The predicted octanol–water partition coefficient (Wildman–Crippen LogP) is 3.48. The van der Waals surface area contributed by atoms with Crippen molar-refractivity contribution in [3.63, 3.8) is 0 Å². The van der Waals surface area contributed by atoms with E-state index in [1.807, 2.05) is 35.6 Å². The first kappa shape index (κ1) is 27.7. The first-order valence-electron chi connectivity index (χ1n) is 14.8. The van der Waals surface area contributed by atoms with Crippen LogP contribution in [0.15, 0.2) is 67.5 Å². The standard InChI is InChI=1S/C32H31FN10O/c33-26-2-3-27(36-19-26)14-31(44)41-11-9-40(10-12-41)30-4-1-22(16-37-30)29-13-23(20-43-32(29)24(15-34)17-39-43)25-18-38-42(21-25)28-5-7-35-8-6-28/h1-4,13,16-21,28,35H,5-12,14H2. The molecule has 7 rings (SSSR count). The van der Waals surface area contributed by atoms with Crippen molar-refractivity contribution in [2.45, 2.75) is 25.3 Å². The zero-order valence-electron chi connectivity index (χ0n) is 24.1. The van der Waals surface area contributed by atoms with Crippen molar-refractivity contribution in [1.82, 2.24) is 39.6 Å². The SMILES string of the molecule is N#Cc1cnn2cc(-c3cnn(C4CCNCC4)c3)cc(-c3ccc(N4CCN(C(=O)Cc5ccc(F)cn5)CC4)nc3)c12. The number of hydrogen-bond donors (Lipinski definition) is 1. The zero-order valence-corrected chi connectivity index (χ0v) is 24.1. The van der Waals surface area contributed by atoms with E-state index in [0.29, 0.717) is 43.5 Å². The Morgan fingerprint density at radius 3 is 2.50 bits per heavy atom. The number of piperidine rings is 1. The van der Waals surface area contributed by atoms with Gasteiger partial charge < -0.3 is 15.1 Å². The summed E-state index contributed by atoms with van der Waals surface area (Å²) in [5.74, 6) is 0.387. The number of rotatable bonds is 6. The minimum absolute atomic E-state index is 0.0219. The zero-order chi connectivity index (χ0) is 30.0. The van der Waals surface area contributed by atoms with Gasteiger partial charge in [0.2, 0.25) is 5.91 Å². The highest BCUT2D eigenvalue weighted by molar-refractivity contribution is 5.87. The lowest BCUT2D eigenvalue weighted by molar-refractivity contribution is -0.130. The topological polar surface area (TPSA) is 120 Å². The second-order valence-electron chi connectivity index (χ2n) is 11.2. The van der Waals surface area contributed by atoms with E-state index in [2.05, 4.69) is 48.4 Å². The van der Waals surface area contributed by atoms with Crippen molar-refractivity contribution in [1.29, 1.82) is 5.26 Å². The highest BCUT2D eigenvalue weighted by atomic mass is 19.1. The van der Waals surface area contributed by atoms with Crippen LogP contribution < -0.4 is 10.2 Å². The molecule has 222 valence electrons. The van der Waals surface area contributed by atoms with E-state index in [1.165, 1.54) is 6.07 Å². The largest absolute Gasteiger partial charge is 0.353 e. The summed E-state index contributed by atoms with van der Waals surface area (Å²) in [7, 11) is 0. The molecule has 2 aliphatic heterocycles. The molecule has 0 aromatic carbocycles. The third kappa shape index (κ3) is 5.49. The van der Waals surface area contributed by atoms with Crippen molar-refractivity contribution in [2.75, 3.05) is 44.2 Å². The molecule has 0 atom stereocenters.